The van der Waals surface area contributed by atoms with Crippen molar-refractivity contribution in [3.05, 3.63) is 72.2 Å². The van der Waals surface area contributed by atoms with Gasteiger partial charge < -0.3 is 5.32 Å². The fourth-order valence-corrected chi connectivity index (χ4v) is 2.63. The van der Waals surface area contributed by atoms with Crippen LogP contribution in [0.25, 0.3) is 16.6 Å². The number of rotatable bonds is 3. The lowest BCUT2D eigenvalue weighted by Crippen LogP contribution is -2.12. The van der Waals surface area contributed by atoms with Crippen LogP contribution in [0.1, 0.15) is 16.1 Å². The van der Waals surface area contributed by atoms with Gasteiger partial charge >= 0.3 is 0 Å². The first-order valence-corrected chi connectivity index (χ1v) is 7.72. The number of hydrogen-bond acceptors (Lipinski definition) is 5. The molecule has 122 valence electrons. The predicted octanol–water partition coefficient (Wildman–Crippen LogP) is 2.77. The number of amides is 1. The summed E-state index contributed by atoms with van der Waals surface area (Å²) in [5, 5.41) is 14.9. The molecule has 4 rings (SSSR count). The first-order valence-electron chi connectivity index (χ1n) is 7.72. The Balaban J connectivity index is 1.66. The van der Waals surface area contributed by atoms with E-state index in [0.29, 0.717) is 11.3 Å². The minimum atomic E-state index is -0.206. The van der Waals surface area contributed by atoms with Crippen LogP contribution in [0.15, 0.2) is 60.9 Å². The van der Waals surface area contributed by atoms with Crippen molar-refractivity contribution in [2.75, 3.05) is 5.32 Å². The number of nitrogens with zero attached hydrogens (tertiary/aromatic N) is 5. The number of aryl methyl sites for hydroxylation is 1. The molecule has 0 aliphatic rings. The zero-order chi connectivity index (χ0) is 17.2. The van der Waals surface area contributed by atoms with E-state index in [2.05, 4.69) is 25.8 Å². The van der Waals surface area contributed by atoms with Gasteiger partial charge in [-0.25, -0.2) is 4.68 Å². The summed E-state index contributed by atoms with van der Waals surface area (Å²) in [6, 6.07) is 16.7. The standard InChI is InChI=1S/C18H14N6O/c1-12-8-9-15-16(20-12)6-3-7-17(15)21-18(25)13-4-2-5-14(10-13)24-11-19-22-23-24/h2-11H,1H3,(H,21,25). The highest BCUT2D eigenvalue weighted by Crippen LogP contribution is 2.23. The maximum atomic E-state index is 12.7. The molecule has 0 spiro atoms. The Morgan fingerprint density at radius 3 is 2.80 bits per heavy atom. The largest absolute Gasteiger partial charge is 0.321 e. The van der Waals surface area contributed by atoms with E-state index in [1.807, 2.05) is 43.3 Å². The second-order valence-electron chi connectivity index (χ2n) is 5.58. The molecule has 0 saturated carbocycles. The maximum Gasteiger partial charge on any atom is 0.255 e. The van der Waals surface area contributed by atoms with E-state index in [9.17, 15) is 4.79 Å². The van der Waals surface area contributed by atoms with Crippen molar-refractivity contribution >= 4 is 22.5 Å². The predicted molar refractivity (Wildman–Crippen MR) is 93.6 cm³/mol. The van der Waals surface area contributed by atoms with Crippen LogP contribution in [0.5, 0.6) is 0 Å². The van der Waals surface area contributed by atoms with Crippen LogP contribution in [0.4, 0.5) is 5.69 Å². The number of benzene rings is 2. The van der Waals surface area contributed by atoms with Crippen molar-refractivity contribution in [2.24, 2.45) is 0 Å². The number of aromatic nitrogens is 5. The van der Waals surface area contributed by atoms with Gasteiger partial charge in [0.15, 0.2) is 0 Å². The van der Waals surface area contributed by atoms with Crippen LogP contribution < -0.4 is 5.32 Å². The van der Waals surface area contributed by atoms with E-state index in [1.165, 1.54) is 11.0 Å². The van der Waals surface area contributed by atoms with Crippen LogP contribution in [-0.2, 0) is 0 Å². The van der Waals surface area contributed by atoms with Gasteiger partial charge in [-0.1, -0.05) is 12.1 Å². The lowest BCUT2D eigenvalue weighted by atomic mass is 10.1. The zero-order valence-corrected chi connectivity index (χ0v) is 13.4. The van der Waals surface area contributed by atoms with Gasteiger partial charge in [-0.05, 0) is 59.8 Å². The van der Waals surface area contributed by atoms with Crippen molar-refractivity contribution in [2.45, 2.75) is 6.92 Å². The SMILES string of the molecule is Cc1ccc2c(NC(=O)c3cccc(-n4cnnn4)c3)cccc2n1. The lowest BCUT2D eigenvalue weighted by Gasteiger charge is -2.09. The number of tetrazole rings is 1. The Morgan fingerprint density at radius 1 is 1.08 bits per heavy atom. The van der Waals surface area contributed by atoms with E-state index in [0.717, 1.165) is 22.3 Å². The molecule has 0 unspecified atom stereocenters. The third-order valence-corrected chi connectivity index (χ3v) is 3.84. The molecule has 0 bridgehead atoms. The molecule has 0 aliphatic carbocycles. The molecule has 0 radical (unpaired) electrons. The Hall–Kier alpha value is -3.61. The minimum Gasteiger partial charge on any atom is -0.321 e. The smallest absolute Gasteiger partial charge is 0.255 e. The van der Waals surface area contributed by atoms with Gasteiger partial charge in [0, 0.05) is 16.6 Å². The van der Waals surface area contributed by atoms with E-state index in [-0.39, 0.29) is 5.91 Å². The van der Waals surface area contributed by atoms with Gasteiger partial charge in [0.1, 0.15) is 6.33 Å². The monoisotopic (exact) mass is 330 g/mol. The average Bonchev–Trinajstić information content (AvgIpc) is 3.16. The summed E-state index contributed by atoms with van der Waals surface area (Å²) in [4.78, 5) is 17.1. The molecule has 0 aliphatic heterocycles. The number of fused-ring (bicyclic) bond motifs is 1. The average molecular weight is 330 g/mol. The highest BCUT2D eigenvalue weighted by molar-refractivity contribution is 6.08. The highest BCUT2D eigenvalue weighted by Gasteiger charge is 2.10. The summed E-state index contributed by atoms with van der Waals surface area (Å²) >= 11 is 0. The van der Waals surface area contributed by atoms with Gasteiger partial charge in [-0.2, -0.15) is 0 Å². The summed E-state index contributed by atoms with van der Waals surface area (Å²) in [5.41, 5.74) is 3.74. The number of anilines is 1. The van der Waals surface area contributed by atoms with Gasteiger partial charge in [-0.3, -0.25) is 9.78 Å². The van der Waals surface area contributed by atoms with E-state index in [1.54, 1.807) is 18.2 Å². The van der Waals surface area contributed by atoms with Crippen molar-refractivity contribution in [1.82, 2.24) is 25.2 Å². The Labute approximate surface area is 143 Å². The van der Waals surface area contributed by atoms with E-state index in [4.69, 9.17) is 0 Å². The molecule has 7 heteroatoms. The Morgan fingerprint density at radius 2 is 1.96 bits per heavy atom. The van der Waals surface area contributed by atoms with Crippen molar-refractivity contribution in [3.8, 4) is 5.69 Å². The van der Waals surface area contributed by atoms with Crippen LogP contribution in [0, 0.1) is 6.92 Å². The number of hydrogen-bond donors (Lipinski definition) is 1. The molecule has 2 aromatic heterocycles. The van der Waals surface area contributed by atoms with Crippen LogP contribution >= 0.6 is 0 Å². The molecule has 0 atom stereocenters. The quantitative estimate of drug-likeness (QED) is 0.624. The molecule has 25 heavy (non-hydrogen) atoms. The number of carbonyl (C=O) groups excluding carboxylic acids is 1. The number of nitrogens with one attached hydrogen (secondary N) is 1. The summed E-state index contributed by atoms with van der Waals surface area (Å²) in [6.07, 6.45) is 1.48. The summed E-state index contributed by atoms with van der Waals surface area (Å²) < 4.78 is 1.50. The van der Waals surface area contributed by atoms with Gasteiger partial charge in [0.2, 0.25) is 0 Å². The number of carbonyl (C=O) groups is 1. The number of pyridine rings is 1. The summed E-state index contributed by atoms with van der Waals surface area (Å²) in [7, 11) is 0. The third kappa shape index (κ3) is 2.94. The normalized spacial score (nSPS) is 10.8. The first-order chi connectivity index (χ1) is 12.2. The molecule has 2 heterocycles. The topological polar surface area (TPSA) is 85.6 Å². The second kappa shape index (κ2) is 6.12. The van der Waals surface area contributed by atoms with Crippen LogP contribution in [-0.4, -0.2) is 31.1 Å². The second-order valence-corrected chi connectivity index (χ2v) is 5.58. The molecule has 0 saturated heterocycles. The van der Waals surface area contributed by atoms with Gasteiger partial charge in [-0.15, -0.1) is 5.10 Å². The first kappa shape index (κ1) is 14.9. The van der Waals surface area contributed by atoms with E-state index >= 15 is 0 Å². The van der Waals surface area contributed by atoms with Crippen molar-refractivity contribution in [1.29, 1.82) is 0 Å². The maximum absolute atomic E-state index is 12.7. The third-order valence-electron chi connectivity index (χ3n) is 3.84. The Bertz CT molecular complexity index is 1060. The van der Waals surface area contributed by atoms with Gasteiger partial charge in [0.05, 0.1) is 16.9 Å². The molecule has 7 nitrogen and oxygen atoms in total. The zero-order valence-electron chi connectivity index (χ0n) is 13.4. The Kier molecular flexibility index (Phi) is 3.66. The molecule has 1 amide bonds. The summed E-state index contributed by atoms with van der Waals surface area (Å²) in [5.74, 6) is -0.206. The molecular weight excluding hydrogens is 316 g/mol. The molecular formula is C18H14N6O. The lowest BCUT2D eigenvalue weighted by molar-refractivity contribution is 0.102. The molecule has 2 aromatic carbocycles. The van der Waals surface area contributed by atoms with Crippen LogP contribution in [0.2, 0.25) is 0 Å². The fraction of sp³-hybridized carbons (Fsp3) is 0.0556. The van der Waals surface area contributed by atoms with Gasteiger partial charge in [0.25, 0.3) is 5.91 Å². The molecule has 0 fully saturated rings. The molecule has 1 N–H and O–H groups in total. The van der Waals surface area contributed by atoms with Crippen molar-refractivity contribution in [3.63, 3.8) is 0 Å². The summed E-state index contributed by atoms with van der Waals surface area (Å²) in [6.45, 7) is 1.94. The van der Waals surface area contributed by atoms with Crippen LogP contribution in [0.3, 0.4) is 0 Å². The van der Waals surface area contributed by atoms with E-state index < -0.39 is 0 Å². The molecule has 4 aromatic rings. The minimum absolute atomic E-state index is 0.206. The van der Waals surface area contributed by atoms with Crippen molar-refractivity contribution < 1.29 is 4.79 Å². The highest BCUT2D eigenvalue weighted by atomic mass is 16.1. The fourth-order valence-electron chi connectivity index (χ4n) is 2.63.